The van der Waals surface area contributed by atoms with Crippen LogP contribution in [0.15, 0.2) is 24.3 Å². The number of aryl methyl sites for hydroxylation is 1. The highest BCUT2D eigenvalue weighted by atomic mass is 16.2. The van der Waals surface area contributed by atoms with Gasteiger partial charge in [-0.1, -0.05) is 24.6 Å². The molecule has 0 bridgehead atoms. The lowest BCUT2D eigenvalue weighted by molar-refractivity contribution is -0.144. The summed E-state index contributed by atoms with van der Waals surface area (Å²) in [6.45, 7) is 6.76. The first-order valence-corrected chi connectivity index (χ1v) is 11.9. The minimum absolute atomic E-state index is 0.0166. The third-order valence-electron chi connectivity index (χ3n) is 7.36. The topological polar surface area (TPSA) is 60.9 Å². The lowest BCUT2D eigenvalue weighted by Crippen LogP contribution is -2.50. The number of carbonyl (C=O) groups is 3. The molecular weight excluding hydrogens is 390 g/mol. The minimum Gasteiger partial charge on any atom is -0.342 e. The minimum atomic E-state index is -0.285. The van der Waals surface area contributed by atoms with Crippen LogP contribution >= 0.6 is 0 Å². The first-order valence-electron chi connectivity index (χ1n) is 11.9. The predicted octanol–water partition coefficient (Wildman–Crippen LogP) is 3.38. The molecule has 2 atom stereocenters. The molecule has 0 unspecified atom stereocenters. The zero-order valence-corrected chi connectivity index (χ0v) is 18.9. The van der Waals surface area contributed by atoms with Crippen molar-refractivity contribution in [3.63, 3.8) is 0 Å². The van der Waals surface area contributed by atoms with E-state index in [1.807, 2.05) is 36.1 Å². The highest BCUT2D eigenvalue weighted by molar-refractivity contribution is 6.00. The lowest BCUT2D eigenvalue weighted by atomic mass is 9.91. The Balaban J connectivity index is 1.31. The monoisotopic (exact) mass is 425 g/mol. The molecule has 0 radical (unpaired) electrons. The first-order chi connectivity index (χ1) is 15.0. The van der Waals surface area contributed by atoms with E-state index >= 15 is 0 Å². The number of likely N-dealkylation sites (tertiary alicyclic amines) is 2. The van der Waals surface area contributed by atoms with Crippen LogP contribution in [0, 0.1) is 18.8 Å². The van der Waals surface area contributed by atoms with Gasteiger partial charge < -0.3 is 14.7 Å². The molecule has 4 rings (SSSR count). The van der Waals surface area contributed by atoms with Gasteiger partial charge in [-0.3, -0.25) is 14.4 Å². The summed E-state index contributed by atoms with van der Waals surface area (Å²) in [7, 11) is 0. The van der Waals surface area contributed by atoms with E-state index in [1.165, 1.54) is 6.42 Å². The van der Waals surface area contributed by atoms with Crippen molar-refractivity contribution in [2.75, 3.05) is 31.1 Å². The summed E-state index contributed by atoms with van der Waals surface area (Å²) in [5.74, 6) is 0.125. The van der Waals surface area contributed by atoms with Crippen LogP contribution in [-0.2, 0) is 14.4 Å². The Morgan fingerprint density at radius 2 is 1.65 bits per heavy atom. The fraction of sp³-hybridized carbons (Fsp3) is 0.640. The Labute approximate surface area is 185 Å². The maximum Gasteiger partial charge on any atom is 0.228 e. The van der Waals surface area contributed by atoms with Gasteiger partial charge in [0.1, 0.15) is 0 Å². The molecule has 0 spiro atoms. The summed E-state index contributed by atoms with van der Waals surface area (Å²) >= 11 is 0. The predicted molar refractivity (Wildman–Crippen MR) is 121 cm³/mol. The fourth-order valence-corrected chi connectivity index (χ4v) is 5.40. The highest BCUT2D eigenvalue weighted by Gasteiger charge is 2.39. The molecule has 0 aromatic heterocycles. The molecule has 3 saturated heterocycles. The quantitative estimate of drug-likeness (QED) is 0.743. The number of hydrogen-bond acceptors (Lipinski definition) is 3. The molecular formula is C25H35N3O3. The number of benzene rings is 1. The molecule has 3 fully saturated rings. The maximum atomic E-state index is 13.1. The van der Waals surface area contributed by atoms with Crippen LogP contribution in [0.25, 0.3) is 0 Å². The van der Waals surface area contributed by atoms with Crippen LogP contribution in [0.2, 0.25) is 0 Å². The van der Waals surface area contributed by atoms with Crippen LogP contribution in [0.5, 0.6) is 0 Å². The Morgan fingerprint density at radius 3 is 2.32 bits per heavy atom. The van der Waals surface area contributed by atoms with Gasteiger partial charge in [0.05, 0.1) is 5.92 Å². The Kier molecular flexibility index (Phi) is 6.63. The van der Waals surface area contributed by atoms with Gasteiger partial charge in [0, 0.05) is 50.2 Å². The summed E-state index contributed by atoms with van der Waals surface area (Å²) in [6, 6.07) is 8.26. The van der Waals surface area contributed by atoms with Gasteiger partial charge in [-0.2, -0.15) is 0 Å². The van der Waals surface area contributed by atoms with Gasteiger partial charge in [0.2, 0.25) is 17.7 Å². The molecule has 168 valence electrons. The van der Waals surface area contributed by atoms with Gasteiger partial charge in [-0.15, -0.1) is 0 Å². The third-order valence-corrected chi connectivity index (χ3v) is 7.36. The van der Waals surface area contributed by atoms with Gasteiger partial charge in [-0.25, -0.2) is 0 Å². The fourth-order valence-electron chi connectivity index (χ4n) is 5.40. The van der Waals surface area contributed by atoms with Gasteiger partial charge in [0.25, 0.3) is 0 Å². The third kappa shape index (κ3) is 4.63. The number of nitrogens with zero attached hydrogens (tertiary/aromatic N) is 3. The van der Waals surface area contributed by atoms with Crippen molar-refractivity contribution in [3.8, 4) is 0 Å². The van der Waals surface area contributed by atoms with Crippen molar-refractivity contribution in [2.45, 2.75) is 64.8 Å². The molecule has 3 heterocycles. The molecule has 6 heteroatoms. The molecule has 3 aliphatic rings. The second-order valence-corrected chi connectivity index (χ2v) is 9.43. The molecule has 1 aromatic rings. The number of hydrogen-bond donors (Lipinski definition) is 0. The van der Waals surface area contributed by atoms with Crippen molar-refractivity contribution in [2.24, 2.45) is 11.8 Å². The maximum absolute atomic E-state index is 13.1. The summed E-state index contributed by atoms with van der Waals surface area (Å²) in [5.41, 5.74) is 2.01. The smallest absolute Gasteiger partial charge is 0.228 e. The number of anilines is 1. The van der Waals surface area contributed by atoms with Crippen molar-refractivity contribution in [1.82, 2.24) is 9.80 Å². The van der Waals surface area contributed by atoms with E-state index < -0.39 is 0 Å². The van der Waals surface area contributed by atoms with Gasteiger partial charge in [0.15, 0.2) is 0 Å². The van der Waals surface area contributed by atoms with Crippen LogP contribution in [0.1, 0.15) is 57.4 Å². The first kappa shape index (κ1) is 21.8. The Bertz CT molecular complexity index is 814. The summed E-state index contributed by atoms with van der Waals surface area (Å²) in [6.07, 6.45) is 6.21. The average Bonchev–Trinajstić information content (AvgIpc) is 3.20. The van der Waals surface area contributed by atoms with E-state index in [1.54, 1.807) is 4.90 Å². The second-order valence-electron chi connectivity index (χ2n) is 9.43. The normalized spacial score (nSPS) is 25.2. The second kappa shape index (κ2) is 9.41. The number of amides is 3. The van der Waals surface area contributed by atoms with Crippen LogP contribution in [-0.4, -0.2) is 59.7 Å². The van der Waals surface area contributed by atoms with Crippen molar-refractivity contribution in [1.29, 1.82) is 0 Å². The lowest BCUT2D eigenvalue weighted by Gasteiger charge is -2.40. The van der Waals surface area contributed by atoms with Crippen LogP contribution in [0.4, 0.5) is 5.69 Å². The van der Waals surface area contributed by atoms with Crippen molar-refractivity contribution < 1.29 is 14.4 Å². The largest absolute Gasteiger partial charge is 0.342 e. The molecule has 0 N–H and O–H groups in total. The van der Waals surface area contributed by atoms with Crippen LogP contribution in [0.3, 0.4) is 0 Å². The van der Waals surface area contributed by atoms with E-state index in [-0.39, 0.29) is 30.1 Å². The number of carbonyl (C=O) groups excluding carboxylic acids is 3. The Morgan fingerprint density at radius 1 is 0.935 bits per heavy atom. The molecule has 3 aliphatic heterocycles. The molecule has 31 heavy (non-hydrogen) atoms. The zero-order chi connectivity index (χ0) is 22.0. The Hall–Kier alpha value is -2.37. The SMILES string of the molecule is CC[C@H]1CCCCN1C(=O)C1CCN(C(=O)[C@@H]2CC(=O)N(c3ccc(C)cc3)C2)CC1. The molecule has 1 aromatic carbocycles. The van der Waals surface area contributed by atoms with E-state index in [9.17, 15) is 14.4 Å². The molecule has 3 amide bonds. The van der Waals surface area contributed by atoms with Crippen molar-refractivity contribution >= 4 is 23.4 Å². The number of rotatable bonds is 4. The van der Waals surface area contributed by atoms with Crippen molar-refractivity contribution in [3.05, 3.63) is 29.8 Å². The highest BCUT2D eigenvalue weighted by Crippen LogP contribution is 2.30. The summed E-state index contributed by atoms with van der Waals surface area (Å²) in [4.78, 5) is 44.5. The molecule has 0 aliphatic carbocycles. The molecule has 6 nitrogen and oxygen atoms in total. The van der Waals surface area contributed by atoms with Gasteiger partial charge >= 0.3 is 0 Å². The summed E-state index contributed by atoms with van der Waals surface area (Å²) < 4.78 is 0. The number of piperidine rings is 2. The van der Waals surface area contributed by atoms with E-state index in [2.05, 4.69) is 11.8 Å². The summed E-state index contributed by atoms with van der Waals surface area (Å²) in [5, 5.41) is 0. The van der Waals surface area contributed by atoms with E-state index in [0.717, 1.165) is 49.9 Å². The zero-order valence-electron chi connectivity index (χ0n) is 18.9. The van der Waals surface area contributed by atoms with Gasteiger partial charge in [-0.05, 0) is 57.6 Å². The molecule has 0 saturated carbocycles. The standard InChI is InChI=1S/C25H35N3O3/c1-3-21-6-4-5-13-27(21)25(31)19-11-14-26(15-12-19)24(30)20-16-23(29)28(17-20)22-9-7-18(2)8-10-22/h7-10,19-21H,3-6,11-17H2,1-2H3/t20-,21+/m1/s1. The average molecular weight is 426 g/mol. The van der Waals surface area contributed by atoms with E-state index in [4.69, 9.17) is 0 Å². The van der Waals surface area contributed by atoms with E-state index in [0.29, 0.717) is 31.6 Å². The van der Waals surface area contributed by atoms with Crippen LogP contribution < -0.4 is 4.90 Å².